The van der Waals surface area contributed by atoms with E-state index in [4.69, 9.17) is 4.74 Å². The molecular formula is C30H58O2. The lowest BCUT2D eigenvalue weighted by molar-refractivity contribution is -0.142. The Morgan fingerprint density at radius 1 is 0.688 bits per heavy atom. The zero-order valence-corrected chi connectivity index (χ0v) is 22.9. The lowest BCUT2D eigenvalue weighted by atomic mass is 9.91. The molecule has 0 aromatic heterocycles. The summed E-state index contributed by atoms with van der Waals surface area (Å²) in [5, 5.41) is 0. The van der Waals surface area contributed by atoms with Crippen LogP contribution in [0.2, 0.25) is 0 Å². The molecular weight excluding hydrogens is 392 g/mol. The van der Waals surface area contributed by atoms with Crippen molar-refractivity contribution < 1.29 is 9.53 Å². The van der Waals surface area contributed by atoms with Crippen LogP contribution in [0.1, 0.15) is 151 Å². The van der Waals surface area contributed by atoms with Gasteiger partial charge in [0.1, 0.15) is 6.61 Å². The van der Waals surface area contributed by atoms with Crippen molar-refractivity contribution in [3.8, 4) is 0 Å². The second-order valence-corrected chi connectivity index (χ2v) is 11.0. The van der Waals surface area contributed by atoms with Crippen molar-refractivity contribution in [2.75, 3.05) is 6.61 Å². The van der Waals surface area contributed by atoms with Crippen LogP contribution in [0.4, 0.5) is 0 Å². The lowest BCUT2D eigenvalue weighted by Gasteiger charge is -2.15. The highest BCUT2D eigenvalue weighted by atomic mass is 16.5. The summed E-state index contributed by atoms with van der Waals surface area (Å²) in [5.41, 5.74) is 1.36. The van der Waals surface area contributed by atoms with Crippen LogP contribution in [-0.2, 0) is 9.53 Å². The highest BCUT2D eigenvalue weighted by molar-refractivity contribution is 5.69. The lowest BCUT2D eigenvalue weighted by Crippen LogP contribution is -2.04. The minimum atomic E-state index is -0.0327. The largest absolute Gasteiger partial charge is 0.461 e. The fourth-order valence-corrected chi connectivity index (χ4v) is 4.38. The van der Waals surface area contributed by atoms with E-state index in [1.165, 1.54) is 89.0 Å². The van der Waals surface area contributed by atoms with Crippen LogP contribution in [0.5, 0.6) is 0 Å². The predicted octanol–water partition coefficient (Wildman–Crippen LogP) is 10.1. The molecule has 0 saturated carbocycles. The maximum Gasteiger partial charge on any atom is 0.306 e. The van der Waals surface area contributed by atoms with Gasteiger partial charge in [0, 0.05) is 6.42 Å². The minimum Gasteiger partial charge on any atom is -0.461 e. The van der Waals surface area contributed by atoms with Gasteiger partial charge in [-0.2, -0.15) is 0 Å². The summed E-state index contributed by atoms with van der Waals surface area (Å²) in [6.45, 7) is 14.4. The molecule has 2 unspecified atom stereocenters. The van der Waals surface area contributed by atoms with E-state index in [1.54, 1.807) is 0 Å². The number of hydrogen-bond donors (Lipinski definition) is 0. The second kappa shape index (κ2) is 22.0. The van der Waals surface area contributed by atoms with Crippen LogP contribution in [0.3, 0.4) is 0 Å². The molecule has 0 rings (SSSR count). The number of carbonyl (C=O) groups is 1. The molecule has 0 amide bonds. The van der Waals surface area contributed by atoms with E-state index in [9.17, 15) is 4.79 Å². The van der Waals surface area contributed by atoms with E-state index in [2.05, 4.69) is 47.6 Å². The van der Waals surface area contributed by atoms with Gasteiger partial charge in [-0.25, -0.2) is 0 Å². The average Bonchev–Trinajstić information content (AvgIpc) is 2.73. The number of hydrogen-bond acceptors (Lipinski definition) is 2. The molecule has 190 valence electrons. The normalized spacial score (nSPS) is 14.0. The third-order valence-corrected chi connectivity index (χ3v) is 6.80. The maximum absolute atomic E-state index is 11.8. The quantitative estimate of drug-likeness (QED) is 0.0931. The van der Waals surface area contributed by atoms with Crippen LogP contribution < -0.4 is 0 Å². The van der Waals surface area contributed by atoms with E-state index >= 15 is 0 Å². The Morgan fingerprint density at radius 3 is 1.81 bits per heavy atom. The summed E-state index contributed by atoms with van der Waals surface area (Å²) >= 11 is 0. The first-order chi connectivity index (χ1) is 15.3. The topological polar surface area (TPSA) is 26.3 Å². The van der Waals surface area contributed by atoms with Crippen molar-refractivity contribution in [3.05, 3.63) is 11.6 Å². The molecule has 32 heavy (non-hydrogen) atoms. The first-order valence-electron chi connectivity index (χ1n) is 14.2. The molecule has 0 aromatic carbocycles. The zero-order valence-electron chi connectivity index (χ0n) is 22.9. The first-order valence-corrected chi connectivity index (χ1v) is 14.2. The molecule has 0 radical (unpaired) electrons. The minimum absolute atomic E-state index is 0.0327. The molecule has 0 fully saturated rings. The van der Waals surface area contributed by atoms with Crippen molar-refractivity contribution in [1.82, 2.24) is 0 Å². The molecule has 0 bridgehead atoms. The Hall–Kier alpha value is -0.790. The van der Waals surface area contributed by atoms with Crippen molar-refractivity contribution in [2.45, 2.75) is 151 Å². The molecule has 0 aliphatic carbocycles. The Kier molecular flexibility index (Phi) is 21.5. The molecule has 2 atom stereocenters. The summed E-state index contributed by atoms with van der Waals surface area (Å²) in [7, 11) is 0. The van der Waals surface area contributed by atoms with E-state index in [0.29, 0.717) is 13.0 Å². The first kappa shape index (κ1) is 31.2. The smallest absolute Gasteiger partial charge is 0.306 e. The third-order valence-electron chi connectivity index (χ3n) is 6.80. The van der Waals surface area contributed by atoms with Gasteiger partial charge in [0.15, 0.2) is 0 Å². The summed E-state index contributed by atoms with van der Waals surface area (Å²) in [6.07, 6.45) is 23.3. The van der Waals surface area contributed by atoms with E-state index in [0.717, 1.165) is 37.0 Å². The molecule has 0 saturated heterocycles. The fourth-order valence-electron chi connectivity index (χ4n) is 4.38. The number of ether oxygens (including phenoxy) is 1. The van der Waals surface area contributed by atoms with E-state index < -0.39 is 0 Å². The number of carbonyl (C=O) groups excluding carboxylic acids is 1. The van der Waals surface area contributed by atoms with Gasteiger partial charge in [0.25, 0.3) is 0 Å². The fraction of sp³-hybridized carbons (Fsp3) is 0.900. The molecule has 0 N–H and O–H groups in total. The van der Waals surface area contributed by atoms with Gasteiger partial charge in [-0.15, -0.1) is 0 Å². The van der Waals surface area contributed by atoms with E-state index in [-0.39, 0.29) is 5.97 Å². The van der Waals surface area contributed by atoms with Gasteiger partial charge in [-0.3, -0.25) is 4.79 Å². The summed E-state index contributed by atoms with van der Waals surface area (Å²) < 4.78 is 5.39. The Labute approximate surface area is 202 Å². The van der Waals surface area contributed by atoms with Crippen molar-refractivity contribution in [3.63, 3.8) is 0 Å². The van der Waals surface area contributed by atoms with Gasteiger partial charge in [0.2, 0.25) is 0 Å². The van der Waals surface area contributed by atoms with Gasteiger partial charge < -0.3 is 4.74 Å². The van der Waals surface area contributed by atoms with Crippen molar-refractivity contribution in [1.29, 1.82) is 0 Å². The second-order valence-electron chi connectivity index (χ2n) is 11.0. The molecule has 2 nitrogen and oxygen atoms in total. The van der Waals surface area contributed by atoms with Crippen LogP contribution >= 0.6 is 0 Å². The highest BCUT2D eigenvalue weighted by Gasteiger charge is 2.07. The average molecular weight is 451 g/mol. The molecule has 0 heterocycles. The zero-order chi connectivity index (χ0) is 24.0. The molecule has 0 aliphatic heterocycles. The van der Waals surface area contributed by atoms with Crippen molar-refractivity contribution >= 4 is 5.97 Å². The van der Waals surface area contributed by atoms with E-state index in [1.807, 2.05) is 0 Å². The Balaban J connectivity index is 3.64. The molecule has 2 heteroatoms. The number of rotatable bonds is 22. The SMILES string of the molecule is CCCCCCCCCC(=O)OCC=C(C)CCCC(C)CCCC(C)CCCC(C)C. The Bertz CT molecular complexity index is 452. The number of allylic oxidation sites excluding steroid dienone is 1. The maximum atomic E-state index is 11.8. The van der Waals surface area contributed by atoms with Crippen LogP contribution in [0.15, 0.2) is 11.6 Å². The third kappa shape index (κ3) is 22.4. The summed E-state index contributed by atoms with van der Waals surface area (Å²) in [6, 6.07) is 0. The van der Waals surface area contributed by atoms with Crippen LogP contribution in [0, 0.1) is 17.8 Å². The molecule has 0 aliphatic rings. The Morgan fingerprint density at radius 2 is 1.22 bits per heavy atom. The standard InChI is InChI=1S/C30H58O2/c1-7-8-9-10-11-12-13-23-30(31)32-25-24-29(6)22-16-21-28(5)20-15-19-27(4)18-14-17-26(2)3/h24,26-28H,7-23,25H2,1-6H3. The highest BCUT2D eigenvalue weighted by Crippen LogP contribution is 2.22. The summed E-state index contributed by atoms with van der Waals surface area (Å²) in [4.78, 5) is 11.8. The van der Waals surface area contributed by atoms with Crippen molar-refractivity contribution in [2.24, 2.45) is 17.8 Å². The van der Waals surface area contributed by atoms with Gasteiger partial charge >= 0.3 is 5.97 Å². The van der Waals surface area contributed by atoms with Gasteiger partial charge in [-0.1, -0.05) is 124 Å². The molecule has 0 aromatic rings. The number of esters is 1. The van der Waals surface area contributed by atoms with Gasteiger partial charge in [-0.05, 0) is 50.0 Å². The molecule has 0 spiro atoms. The van der Waals surface area contributed by atoms with Gasteiger partial charge in [0.05, 0.1) is 0 Å². The predicted molar refractivity (Wildman–Crippen MR) is 142 cm³/mol. The van der Waals surface area contributed by atoms with Crippen LogP contribution in [0.25, 0.3) is 0 Å². The van der Waals surface area contributed by atoms with Crippen LogP contribution in [-0.4, -0.2) is 12.6 Å². The number of unbranched alkanes of at least 4 members (excludes halogenated alkanes) is 6. The monoisotopic (exact) mass is 450 g/mol. The summed E-state index contributed by atoms with van der Waals surface area (Å²) in [5.74, 6) is 2.53.